The first kappa shape index (κ1) is 20.4. The molecule has 156 valence electrons. The molecule has 1 aromatic heterocycles. The number of aromatic nitrogens is 1. The van der Waals surface area contributed by atoms with Crippen LogP contribution in [0.1, 0.15) is 29.5 Å². The van der Waals surface area contributed by atoms with E-state index in [2.05, 4.69) is 6.07 Å². The van der Waals surface area contributed by atoms with E-state index in [1.807, 2.05) is 19.9 Å². The summed E-state index contributed by atoms with van der Waals surface area (Å²) in [7, 11) is 0. The van der Waals surface area contributed by atoms with E-state index in [1.165, 1.54) is 23.5 Å². The van der Waals surface area contributed by atoms with E-state index in [0.717, 1.165) is 39.7 Å². The molecule has 2 aromatic carbocycles. The number of amides is 1. The van der Waals surface area contributed by atoms with Crippen molar-refractivity contribution in [3.8, 4) is 0 Å². The standard InChI is InChI=1S/C22H23N3O4S/c1-14-5-6-15(2)21-20(14)23-22(30-21)24(13-18-4-3-11-29-18)19(26)12-16-7-9-17(10-8-16)25(27)28/h5-10,18H,3-4,11-13H2,1-2H3. The number of fused-ring (bicyclic) bond motifs is 1. The summed E-state index contributed by atoms with van der Waals surface area (Å²) in [6.07, 6.45) is 2.07. The molecule has 1 aliphatic rings. The molecule has 7 nitrogen and oxygen atoms in total. The van der Waals surface area contributed by atoms with Crippen LogP contribution in [0.15, 0.2) is 36.4 Å². The molecule has 0 spiro atoms. The third-order valence-electron chi connectivity index (χ3n) is 5.38. The number of nitrogens with zero attached hydrogens (tertiary/aromatic N) is 3. The fraction of sp³-hybridized carbons (Fsp3) is 0.364. The number of thiazole rings is 1. The van der Waals surface area contributed by atoms with Crippen molar-refractivity contribution >= 4 is 38.3 Å². The Labute approximate surface area is 178 Å². The van der Waals surface area contributed by atoms with Crippen LogP contribution in [0.3, 0.4) is 0 Å². The molecular weight excluding hydrogens is 402 g/mol. The molecule has 1 amide bonds. The van der Waals surface area contributed by atoms with E-state index in [0.29, 0.717) is 18.3 Å². The van der Waals surface area contributed by atoms with Crippen LogP contribution in [-0.2, 0) is 16.0 Å². The van der Waals surface area contributed by atoms with Gasteiger partial charge in [-0.2, -0.15) is 0 Å². The summed E-state index contributed by atoms with van der Waals surface area (Å²) in [4.78, 5) is 30.2. The summed E-state index contributed by atoms with van der Waals surface area (Å²) in [6.45, 7) is 5.25. The molecule has 1 aliphatic heterocycles. The van der Waals surface area contributed by atoms with Crippen molar-refractivity contribution in [1.29, 1.82) is 0 Å². The van der Waals surface area contributed by atoms with Crippen LogP contribution in [0.5, 0.6) is 0 Å². The number of hydrogen-bond donors (Lipinski definition) is 0. The van der Waals surface area contributed by atoms with Gasteiger partial charge in [0.15, 0.2) is 5.13 Å². The monoisotopic (exact) mass is 425 g/mol. The fourth-order valence-electron chi connectivity index (χ4n) is 3.65. The van der Waals surface area contributed by atoms with Gasteiger partial charge in [-0.1, -0.05) is 35.6 Å². The van der Waals surface area contributed by atoms with Crippen molar-refractivity contribution in [2.75, 3.05) is 18.1 Å². The van der Waals surface area contributed by atoms with E-state index in [-0.39, 0.29) is 24.1 Å². The third-order valence-corrected chi connectivity index (χ3v) is 6.59. The van der Waals surface area contributed by atoms with Gasteiger partial charge in [-0.15, -0.1) is 0 Å². The second kappa shape index (κ2) is 8.49. The van der Waals surface area contributed by atoms with Crippen molar-refractivity contribution in [3.63, 3.8) is 0 Å². The molecule has 1 fully saturated rings. The van der Waals surface area contributed by atoms with Crippen molar-refractivity contribution < 1.29 is 14.5 Å². The highest BCUT2D eigenvalue weighted by Crippen LogP contribution is 2.34. The number of nitro benzene ring substituents is 1. The number of ether oxygens (including phenoxy) is 1. The summed E-state index contributed by atoms with van der Waals surface area (Å²) in [5.74, 6) is -0.0892. The van der Waals surface area contributed by atoms with Crippen LogP contribution in [0.2, 0.25) is 0 Å². The maximum atomic E-state index is 13.3. The number of benzene rings is 2. The van der Waals surface area contributed by atoms with E-state index in [1.54, 1.807) is 17.0 Å². The number of carbonyl (C=O) groups is 1. The molecule has 2 heterocycles. The Morgan fingerprint density at radius 2 is 1.97 bits per heavy atom. The second-order valence-electron chi connectivity index (χ2n) is 7.61. The summed E-state index contributed by atoms with van der Waals surface area (Å²) < 4.78 is 6.87. The van der Waals surface area contributed by atoms with Gasteiger partial charge in [0.05, 0.1) is 34.2 Å². The van der Waals surface area contributed by atoms with Crippen molar-refractivity contribution in [2.45, 2.75) is 39.2 Å². The Kier molecular flexibility index (Phi) is 5.78. The number of non-ortho nitro benzene ring substituents is 1. The zero-order valence-electron chi connectivity index (χ0n) is 17.0. The SMILES string of the molecule is Cc1ccc(C)c2sc(N(CC3CCCO3)C(=O)Cc3ccc([N+](=O)[O-])cc3)nc12. The zero-order valence-corrected chi connectivity index (χ0v) is 17.8. The predicted octanol–water partition coefficient (Wildman–Crippen LogP) is 4.58. The molecule has 0 N–H and O–H groups in total. The van der Waals surface area contributed by atoms with Crippen LogP contribution in [-0.4, -0.2) is 35.1 Å². The molecule has 0 bridgehead atoms. The van der Waals surface area contributed by atoms with Gasteiger partial charge in [-0.3, -0.25) is 19.8 Å². The molecule has 3 aromatic rings. The van der Waals surface area contributed by atoms with Gasteiger partial charge in [0, 0.05) is 18.7 Å². The number of aryl methyl sites for hydroxylation is 2. The first-order chi connectivity index (χ1) is 14.4. The molecule has 1 atom stereocenters. The Morgan fingerprint density at radius 1 is 1.23 bits per heavy atom. The van der Waals surface area contributed by atoms with E-state index < -0.39 is 4.92 Å². The average Bonchev–Trinajstić information content (AvgIpc) is 3.39. The van der Waals surface area contributed by atoms with Gasteiger partial charge >= 0.3 is 0 Å². The highest BCUT2D eigenvalue weighted by molar-refractivity contribution is 7.22. The minimum atomic E-state index is -0.443. The van der Waals surface area contributed by atoms with Gasteiger partial charge in [0.2, 0.25) is 5.91 Å². The van der Waals surface area contributed by atoms with Crippen LogP contribution in [0, 0.1) is 24.0 Å². The second-order valence-corrected chi connectivity index (χ2v) is 8.59. The maximum Gasteiger partial charge on any atom is 0.269 e. The minimum Gasteiger partial charge on any atom is -0.376 e. The summed E-state index contributed by atoms with van der Waals surface area (Å²) >= 11 is 1.52. The smallest absolute Gasteiger partial charge is 0.269 e. The maximum absolute atomic E-state index is 13.3. The quantitative estimate of drug-likeness (QED) is 0.426. The number of nitro groups is 1. The number of hydrogen-bond acceptors (Lipinski definition) is 6. The highest BCUT2D eigenvalue weighted by atomic mass is 32.1. The van der Waals surface area contributed by atoms with Gasteiger partial charge in [-0.05, 0) is 43.4 Å². The lowest BCUT2D eigenvalue weighted by Gasteiger charge is -2.23. The average molecular weight is 426 g/mol. The molecular formula is C22H23N3O4S. The van der Waals surface area contributed by atoms with E-state index >= 15 is 0 Å². The van der Waals surface area contributed by atoms with Gasteiger partial charge in [0.1, 0.15) is 0 Å². The largest absolute Gasteiger partial charge is 0.376 e. The Balaban J connectivity index is 1.63. The zero-order chi connectivity index (χ0) is 21.3. The van der Waals surface area contributed by atoms with Crippen molar-refractivity contribution in [3.05, 3.63) is 63.2 Å². The van der Waals surface area contributed by atoms with Crippen LogP contribution >= 0.6 is 11.3 Å². The topological polar surface area (TPSA) is 85.6 Å². The summed E-state index contributed by atoms with van der Waals surface area (Å²) in [5, 5.41) is 11.5. The molecule has 1 unspecified atom stereocenters. The number of anilines is 1. The summed E-state index contributed by atoms with van der Waals surface area (Å²) in [6, 6.07) is 10.2. The Bertz CT molecular complexity index is 1050. The fourth-order valence-corrected chi connectivity index (χ4v) is 4.79. The first-order valence-electron chi connectivity index (χ1n) is 9.94. The lowest BCUT2D eigenvalue weighted by atomic mass is 10.1. The van der Waals surface area contributed by atoms with Gasteiger partial charge in [-0.25, -0.2) is 4.98 Å². The molecule has 0 radical (unpaired) electrons. The van der Waals surface area contributed by atoms with Gasteiger partial charge < -0.3 is 4.74 Å². The number of rotatable bonds is 6. The normalized spacial score (nSPS) is 16.1. The highest BCUT2D eigenvalue weighted by Gasteiger charge is 2.27. The van der Waals surface area contributed by atoms with Crippen LogP contribution in [0.25, 0.3) is 10.2 Å². The first-order valence-corrected chi connectivity index (χ1v) is 10.8. The third kappa shape index (κ3) is 4.20. The lowest BCUT2D eigenvalue weighted by molar-refractivity contribution is -0.384. The Hall–Kier alpha value is -2.84. The van der Waals surface area contributed by atoms with E-state index in [4.69, 9.17) is 9.72 Å². The van der Waals surface area contributed by atoms with Crippen molar-refractivity contribution in [2.24, 2.45) is 0 Å². The molecule has 0 aliphatic carbocycles. The van der Waals surface area contributed by atoms with Crippen molar-refractivity contribution in [1.82, 2.24) is 4.98 Å². The predicted molar refractivity (Wildman–Crippen MR) is 117 cm³/mol. The number of carbonyl (C=O) groups excluding carboxylic acids is 1. The van der Waals surface area contributed by atoms with Crippen LogP contribution < -0.4 is 4.90 Å². The summed E-state index contributed by atoms with van der Waals surface area (Å²) in [5.41, 5.74) is 3.89. The van der Waals surface area contributed by atoms with Crippen LogP contribution in [0.4, 0.5) is 10.8 Å². The molecule has 30 heavy (non-hydrogen) atoms. The molecule has 8 heteroatoms. The lowest BCUT2D eigenvalue weighted by Crippen LogP contribution is -2.38. The van der Waals surface area contributed by atoms with Gasteiger partial charge in [0.25, 0.3) is 5.69 Å². The minimum absolute atomic E-state index is 0.0000156. The molecule has 0 saturated carbocycles. The molecule has 1 saturated heterocycles. The van der Waals surface area contributed by atoms with E-state index in [9.17, 15) is 14.9 Å². The Morgan fingerprint density at radius 3 is 2.60 bits per heavy atom. The molecule has 4 rings (SSSR count).